The molecule has 1 aliphatic rings. The number of carbonyl (C=O) groups excluding carboxylic acids is 1. The van der Waals surface area contributed by atoms with Crippen molar-refractivity contribution in [2.75, 3.05) is 23.3 Å². The summed E-state index contributed by atoms with van der Waals surface area (Å²) in [4.78, 5) is 18.7. The van der Waals surface area contributed by atoms with Gasteiger partial charge in [0.05, 0.1) is 5.69 Å². The van der Waals surface area contributed by atoms with Crippen LogP contribution in [0.5, 0.6) is 0 Å². The van der Waals surface area contributed by atoms with Crippen molar-refractivity contribution >= 4 is 17.4 Å². The summed E-state index contributed by atoms with van der Waals surface area (Å²) in [5, 5.41) is 2.87. The van der Waals surface area contributed by atoms with E-state index in [1.54, 1.807) is 12.3 Å². The number of rotatable bonds is 5. The van der Waals surface area contributed by atoms with Crippen molar-refractivity contribution in [3.05, 3.63) is 53.7 Å². The van der Waals surface area contributed by atoms with Gasteiger partial charge in [-0.1, -0.05) is 6.07 Å². The van der Waals surface area contributed by atoms with E-state index in [4.69, 9.17) is 0 Å². The highest BCUT2D eigenvalue weighted by molar-refractivity contribution is 5.93. The molecule has 1 aromatic heterocycles. The molecule has 0 bridgehead atoms. The zero-order valence-electron chi connectivity index (χ0n) is 13.3. The van der Waals surface area contributed by atoms with Crippen molar-refractivity contribution in [1.29, 1.82) is 0 Å². The highest BCUT2D eigenvalue weighted by atomic mass is 19.2. The van der Waals surface area contributed by atoms with E-state index in [0.29, 0.717) is 17.7 Å². The summed E-state index contributed by atoms with van der Waals surface area (Å²) in [6, 6.07) is 7.31. The third-order valence-electron chi connectivity index (χ3n) is 4.09. The predicted octanol–water partition coefficient (Wildman–Crippen LogP) is 3.53. The number of amides is 1. The maximum absolute atomic E-state index is 13.2. The summed E-state index contributed by atoms with van der Waals surface area (Å²) in [6.07, 6.45) is 4.51. The molecule has 0 unspecified atom stereocenters. The van der Waals surface area contributed by atoms with Crippen molar-refractivity contribution in [1.82, 2.24) is 4.98 Å². The molecule has 0 aliphatic carbocycles. The lowest BCUT2D eigenvalue weighted by atomic mass is 10.1. The number of anilines is 2. The number of halogens is 2. The van der Waals surface area contributed by atoms with E-state index in [0.717, 1.165) is 43.9 Å². The van der Waals surface area contributed by atoms with Crippen LogP contribution in [0.2, 0.25) is 0 Å². The standard InChI is InChI=1S/C18H19F2N3O/c19-14-7-5-13(12-15(14)20)6-8-17(24)22-16-4-3-9-21-18(16)23-10-1-2-11-23/h3-5,7,9,12H,1-2,6,8,10-11H2,(H,22,24). The number of aryl methyl sites for hydroxylation is 1. The average Bonchev–Trinajstić information content (AvgIpc) is 3.11. The van der Waals surface area contributed by atoms with Gasteiger partial charge in [-0.05, 0) is 49.1 Å². The minimum absolute atomic E-state index is 0.173. The zero-order valence-corrected chi connectivity index (χ0v) is 13.3. The number of hydrogen-bond acceptors (Lipinski definition) is 3. The van der Waals surface area contributed by atoms with Crippen molar-refractivity contribution in [3.63, 3.8) is 0 Å². The normalized spacial score (nSPS) is 14.0. The second kappa shape index (κ2) is 7.38. The van der Waals surface area contributed by atoms with Crippen LogP contribution in [0.4, 0.5) is 20.3 Å². The minimum Gasteiger partial charge on any atom is -0.355 e. The Labute approximate surface area is 139 Å². The van der Waals surface area contributed by atoms with Crippen molar-refractivity contribution in [3.8, 4) is 0 Å². The first-order valence-electron chi connectivity index (χ1n) is 8.07. The van der Waals surface area contributed by atoms with E-state index < -0.39 is 11.6 Å². The van der Waals surface area contributed by atoms with E-state index in [1.807, 2.05) is 6.07 Å². The quantitative estimate of drug-likeness (QED) is 0.911. The molecule has 6 heteroatoms. The number of pyridine rings is 1. The summed E-state index contributed by atoms with van der Waals surface area (Å²) >= 11 is 0. The van der Waals surface area contributed by atoms with E-state index in [2.05, 4.69) is 15.2 Å². The molecule has 0 atom stereocenters. The van der Waals surface area contributed by atoms with Gasteiger partial charge in [0.2, 0.25) is 5.91 Å². The molecule has 1 fully saturated rings. The zero-order chi connectivity index (χ0) is 16.9. The Balaban J connectivity index is 1.61. The fourth-order valence-electron chi connectivity index (χ4n) is 2.84. The van der Waals surface area contributed by atoms with Gasteiger partial charge in [-0.2, -0.15) is 0 Å². The Kier molecular flexibility index (Phi) is 5.03. The van der Waals surface area contributed by atoms with Crippen molar-refractivity contribution < 1.29 is 13.6 Å². The summed E-state index contributed by atoms with van der Waals surface area (Å²) < 4.78 is 26.1. The molecule has 2 aromatic rings. The van der Waals surface area contributed by atoms with Crippen LogP contribution in [0, 0.1) is 11.6 Å². The Morgan fingerprint density at radius 1 is 1.17 bits per heavy atom. The van der Waals surface area contributed by atoms with Gasteiger partial charge in [0.1, 0.15) is 0 Å². The Morgan fingerprint density at radius 2 is 1.96 bits per heavy atom. The maximum atomic E-state index is 13.2. The molecule has 24 heavy (non-hydrogen) atoms. The monoisotopic (exact) mass is 331 g/mol. The molecule has 4 nitrogen and oxygen atoms in total. The summed E-state index contributed by atoms with van der Waals surface area (Å²) in [5.74, 6) is -1.16. The molecule has 0 spiro atoms. The van der Waals surface area contributed by atoms with Crippen LogP contribution in [-0.4, -0.2) is 24.0 Å². The predicted molar refractivity (Wildman–Crippen MR) is 89.0 cm³/mol. The molecule has 2 heterocycles. The average molecular weight is 331 g/mol. The van der Waals surface area contributed by atoms with Gasteiger partial charge in [0, 0.05) is 25.7 Å². The van der Waals surface area contributed by atoms with Crippen LogP contribution in [0.3, 0.4) is 0 Å². The fourth-order valence-corrected chi connectivity index (χ4v) is 2.84. The topological polar surface area (TPSA) is 45.2 Å². The lowest BCUT2D eigenvalue weighted by Gasteiger charge is -2.19. The third kappa shape index (κ3) is 3.88. The molecular formula is C18H19F2N3O. The van der Waals surface area contributed by atoms with Crippen LogP contribution < -0.4 is 10.2 Å². The van der Waals surface area contributed by atoms with Gasteiger partial charge < -0.3 is 10.2 Å². The molecule has 1 amide bonds. The van der Waals surface area contributed by atoms with Crippen molar-refractivity contribution in [2.45, 2.75) is 25.7 Å². The van der Waals surface area contributed by atoms with Gasteiger partial charge in [-0.15, -0.1) is 0 Å². The van der Waals surface area contributed by atoms with Gasteiger partial charge in [-0.3, -0.25) is 4.79 Å². The van der Waals surface area contributed by atoms with Crippen molar-refractivity contribution in [2.24, 2.45) is 0 Å². The molecule has 0 saturated carbocycles. The lowest BCUT2D eigenvalue weighted by Crippen LogP contribution is -2.22. The lowest BCUT2D eigenvalue weighted by molar-refractivity contribution is -0.116. The maximum Gasteiger partial charge on any atom is 0.224 e. The van der Waals surface area contributed by atoms with E-state index in [9.17, 15) is 13.6 Å². The number of nitrogens with one attached hydrogen (secondary N) is 1. The fraction of sp³-hybridized carbons (Fsp3) is 0.333. The largest absolute Gasteiger partial charge is 0.355 e. The first kappa shape index (κ1) is 16.4. The van der Waals surface area contributed by atoms with Gasteiger partial charge in [0.15, 0.2) is 17.5 Å². The van der Waals surface area contributed by atoms with E-state index >= 15 is 0 Å². The van der Waals surface area contributed by atoms with E-state index in [1.165, 1.54) is 6.07 Å². The van der Waals surface area contributed by atoms with Gasteiger partial charge in [0.25, 0.3) is 0 Å². The second-order valence-corrected chi connectivity index (χ2v) is 5.87. The summed E-state index contributed by atoms with van der Waals surface area (Å²) in [5.41, 5.74) is 1.28. The first-order chi connectivity index (χ1) is 11.6. The van der Waals surface area contributed by atoms with Crippen LogP contribution in [-0.2, 0) is 11.2 Å². The van der Waals surface area contributed by atoms with Gasteiger partial charge in [-0.25, -0.2) is 13.8 Å². The second-order valence-electron chi connectivity index (χ2n) is 5.87. The highest BCUT2D eigenvalue weighted by Crippen LogP contribution is 2.26. The summed E-state index contributed by atoms with van der Waals surface area (Å²) in [6.45, 7) is 1.88. The SMILES string of the molecule is O=C(CCc1ccc(F)c(F)c1)Nc1cccnc1N1CCCC1. The van der Waals surface area contributed by atoms with Crippen LogP contribution in [0.1, 0.15) is 24.8 Å². The molecule has 3 rings (SSSR count). The highest BCUT2D eigenvalue weighted by Gasteiger charge is 2.17. The Bertz CT molecular complexity index is 730. The molecule has 1 aliphatic heterocycles. The van der Waals surface area contributed by atoms with E-state index in [-0.39, 0.29) is 12.3 Å². The smallest absolute Gasteiger partial charge is 0.224 e. The number of carbonyl (C=O) groups is 1. The molecule has 0 radical (unpaired) electrons. The van der Waals surface area contributed by atoms with Gasteiger partial charge >= 0.3 is 0 Å². The number of hydrogen-bond donors (Lipinski definition) is 1. The molecule has 126 valence electrons. The summed E-state index contributed by atoms with van der Waals surface area (Å²) in [7, 11) is 0. The first-order valence-corrected chi connectivity index (χ1v) is 8.07. The molecule has 1 saturated heterocycles. The number of aromatic nitrogens is 1. The Hall–Kier alpha value is -2.50. The number of benzene rings is 1. The third-order valence-corrected chi connectivity index (χ3v) is 4.09. The molecular weight excluding hydrogens is 312 g/mol. The van der Waals surface area contributed by atoms with Crippen LogP contribution in [0.15, 0.2) is 36.5 Å². The number of nitrogens with zero attached hydrogens (tertiary/aromatic N) is 2. The molecule has 1 N–H and O–H groups in total. The van der Waals surface area contributed by atoms with Crippen LogP contribution >= 0.6 is 0 Å². The minimum atomic E-state index is -0.892. The Morgan fingerprint density at radius 3 is 2.71 bits per heavy atom. The molecule has 1 aromatic carbocycles. The van der Waals surface area contributed by atoms with Crippen LogP contribution in [0.25, 0.3) is 0 Å².